The first-order valence-electron chi connectivity index (χ1n) is 9.26. The van der Waals surface area contributed by atoms with Crippen molar-refractivity contribution in [1.29, 1.82) is 0 Å². The van der Waals surface area contributed by atoms with Crippen LogP contribution in [0.4, 0.5) is 5.69 Å². The molecule has 2 heterocycles. The fraction of sp³-hybridized carbons (Fsp3) is 0.286. The fourth-order valence-electron chi connectivity index (χ4n) is 3.14. The van der Waals surface area contributed by atoms with E-state index in [0.717, 1.165) is 17.7 Å². The highest BCUT2D eigenvalue weighted by atomic mass is 16.2. The van der Waals surface area contributed by atoms with Gasteiger partial charge in [0, 0.05) is 25.0 Å². The molecule has 3 aromatic rings. The third-order valence-electron chi connectivity index (χ3n) is 4.65. The van der Waals surface area contributed by atoms with Gasteiger partial charge in [-0.15, -0.1) is 0 Å². The SMILES string of the molecule is CCc1ccccc1NC(=O)c1nc(C(=O)N(CC)CC)c2ccccn12. The average molecular weight is 364 g/mol. The Morgan fingerprint density at radius 3 is 2.44 bits per heavy atom. The Morgan fingerprint density at radius 2 is 1.74 bits per heavy atom. The van der Waals surface area contributed by atoms with E-state index in [0.29, 0.717) is 24.3 Å². The summed E-state index contributed by atoms with van der Waals surface area (Å²) in [4.78, 5) is 31.9. The van der Waals surface area contributed by atoms with Crippen LogP contribution in [0.15, 0.2) is 48.7 Å². The van der Waals surface area contributed by atoms with Crippen LogP contribution in [0.1, 0.15) is 47.4 Å². The Balaban J connectivity index is 2.02. The number of amides is 2. The molecule has 140 valence electrons. The number of anilines is 1. The van der Waals surface area contributed by atoms with Gasteiger partial charge in [0.2, 0.25) is 5.82 Å². The van der Waals surface area contributed by atoms with Crippen LogP contribution in [0, 0.1) is 0 Å². The molecule has 1 aromatic carbocycles. The second-order valence-electron chi connectivity index (χ2n) is 6.18. The Morgan fingerprint density at radius 1 is 1.04 bits per heavy atom. The van der Waals surface area contributed by atoms with Gasteiger partial charge in [-0.2, -0.15) is 0 Å². The number of hydrogen-bond acceptors (Lipinski definition) is 3. The summed E-state index contributed by atoms with van der Waals surface area (Å²) >= 11 is 0. The second kappa shape index (κ2) is 8.03. The van der Waals surface area contributed by atoms with Gasteiger partial charge in [-0.1, -0.05) is 31.2 Å². The molecule has 0 unspecified atom stereocenters. The number of pyridine rings is 1. The molecule has 0 saturated carbocycles. The lowest BCUT2D eigenvalue weighted by molar-refractivity contribution is 0.0769. The van der Waals surface area contributed by atoms with Crippen molar-refractivity contribution in [2.75, 3.05) is 18.4 Å². The van der Waals surface area contributed by atoms with Gasteiger partial charge in [-0.05, 0) is 44.0 Å². The number of benzene rings is 1. The number of fused-ring (bicyclic) bond motifs is 1. The molecule has 3 rings (SSSR count). The number of nitrogens with zero attached hydrogens (tertiary/aromatic N) is 3. The molecule has 0 aliphatic carbocycles. The van der Waals surface area contributed by atoms with E-state index in [-0.39, 0.29) is 17.6 Å². The van der Waals surface area contributed by atoms with Gasteiger partial charge in [-0.25, -0.2) is 4.98 Å². The minimum absolute atomic E-state index is 0.170. The number of para-hydroxylation sites is 1. The first kappa shape index (κ1) is 18.6. The zero-order valence-electron chi connectivity index (χ0n) is 15.9. The summed E-state index contributed by atoms with van der Waals surface area (Å²) < 4.78 is 1.67. The molecular formula is C21H24N4O2. The van der Waals surface area contributed by atoms with Crippen LogP contribution < -0.4 is 5.32 Å². The lowest BCUT2D eigenvalue weighted by Crippen LogP contribution is -2.31. The zero-order chi connectivity index (χ0) is 19.4. The molecule has 0 radical (unpaired) electrons. The molecule has 6 nitrogen and oxygen atoms in total. The predicted molar refractivity (Wildman–Crippen MR) is 106 cm³/mol. The highest BCUT2D eigenvalue weighted by molar-refractivity contribution is 6.06. The van der Waals surface area contributed by atoms with Crippen LogP contribution in [0.5, 0.6) is 0 Å². The molecule has 0 atom stereocenters. The smallest absolute Gasteiger partial charge is 0.292 e. The maximum absolute atomic E-state index is 12.9. The van der Waals surface area contributed by atoms with Crippen molar-refractivity contribution >= 4 is 23.0 Å². The molecule has 0 saturated heterocycles. The molecule has 1 N–H and O–H groups in total. The molecule has 0 bridgehead atoms. The van der Waals surface area contributed by atoms with E-state index in [2.05, 4.69) is 10.3 Å². The van der Waals surface area contributed by atoms with E-state index in [1.165, 1.54) is 0 Å². The quantitative estimate of drug-likeness (QED) is 0.726. The molecule has 0 fully saturated rings. The van der Waals surface area contributed by atoms with Crippen LogP contribution in [0.2, 0.25) is 0 Å². The predicted octanol–water partition coefficient (Wildman–Crippen LogP) is 3.63. The Hall–Kier alpha value is -3.15. The molecule has 0 aliphatic rings. The topological polar surface area (TPSA) is 66.7 Å². The molecule has 2 aromatic heterocycles. The molecule has 0 spiro atoms. The lowest BCUT2D eigenvalue weighted by Gasteiger charge is -2.17. The summed E-state index contributed by atoms with van der Waals surface area (Å²) in [5.74, 6) is -0.306. The summed E-state index contributed by atoms with van der Waals surface area (Å²) in [7, 11) is 0. The van der Waals surface area contributed by atoms with Crippen molar-refractivity contribution in [3.8, 4) is 0 Å². The van der Waals surface area contributed by atoms with Crippen LogP contribution in [0.3, 0.4) is 0 Å². The first-order valence-corrected chi connectivity index (χ1v) is 9.26. The fourth-order valence-corrected chi connectivity index (χ4v) is 3.14. The highest BCUT2D eigenvalue weighted by Crippen LogP contribution is 2.19. The summed E-state index contributed by atoms with van der Waals surface area (Å²) in [6, 6.07) is 13.1. The number of rotatable bonds is 6. The minimum atomic E-state index is -0.337. The van der Waals surface area contributed by atoms with Gasteiger partial charge in [0.25, 0.3) is 11.8 Å². The van der Waals surface area contributed by atoms with Crippen LogP contribution in [-0.4, -0.2) is 39.2 Å². The number of imidazole rings is 1. The van der Waals surface area contributed by atoms with Crippen LogP contribution >= 0.6 is 0 Å². The van der Waals surface area contributed by atoms with Gasteiger partial charge >= 0.3 is 0 Å². The highest BCUT2D eigenvalue weighted by Gasteiger charge is 2.24. The maximum atomic E-state index is 12.9. The largest absolute Gasteiger partial charge is 0.338 e. The number of aryl methyl sites for hydroxylation is 1. The van der Waals surface area contributed by atoms with E-state index in [9.17, 15) is 9.59 Å². The van der Waals surface area contributed by atoms with E-state index in [1.54, 1.807) is 21.6 Å². The summed E-state index contributed by atoms with van der Waals surface area (Å²) in [6.07, 6.45) is 2.56. The van der Waals surface area contributed by atoms with E-state index < -0.39 is 0 Å². The molecule has 27 heavy (non-hydrogen) atoms. The van der Waals surface area contributed by atoms with Crippen LogP contribution in [0.25, 0.3) is 5.52 Å². The van der Waals surface area contributed by atoms with Crippen molar-refractivity contribution in [1.82, 2.24) is 14.3 Å². The Labute approximate surface area is 158 Å². The van der Waals surface area contributed by atoms with Gasteiger partial charge in [0.15, 0.2) is 5.69 Å². The normalized spacial score (nSPS) is 10.8. The number of carbonyl (C=O) groups excluding carboxylic acids is 2. The molecule has 6 heteroatoms. The average Bonchev–Trinajstić information content (AvgIpc) is 3.09. The summed E-state index contributed by atoms with van der Waals surface area (Å²) in [5.41, 5.74) is 2.73. The molecular weight excluding hydrogens is 340 g/mol. The van der Waals surface area contributed by atoms with E-state index in [4.69, 9.17) is 0 Å². The Bertz CT molecular complexity index is 973. The lowest BCUT2D eigenvalue weighted by atomic mass is 10.1. The zero-order valence-corrected chi connectivity index (χ0v) is 15.9. The number of carbonyl (C=O) groups is 2. The van der Waals surface area contributed by atoms with Crippen molar-refractivity contribution in [2.45, 2.75) is 27.2 Å². The van der Waals surface area contributed by atoms with Crippen molar-refractivity contribution in [2.24, 2.45) is 0 Å². The minimum Gasteiger partial charge on any atom is -0.338 e. The summed E-state index contributed by atoms with van der Waals surface area (Å²) in [5, 5.41) is 2.93. The van der Waals surface area contributed by atoms with Gasteiger partial charge < -0.3 is 10.2 Å². The van der Waals surface area contributed by atoms with Crippen molar-refractivity contribution in [3.63, 3.8) is 0 Å². The third-order valence-corrected chi connectivity index (χ3v) is 4.65. The maximum Gasteiger partial charge on any atom is 0.292 e. The third kappa shape index (κ3) is 3.56. The Kier molecular flexibility index (Phi) is 5.54. The molecule has 2 amide bonds. The van der Waals surface area contributed by atoms with Crippen molar-refractivity contribution in [3.05, 3.63) is 65.7 Å². The monoisotopic (exact) mass is 364 g/mol. The van der Waals surface area contributed by atoms with E-state index in [1.807, 2.05) is 57.2 Å². The number of hydrogen-bond donors (Lipinski definition) is 1. The number of aromatic nitrogens is 2. The van der Waals surface area contributed by atoms with Gasteiger partial charge in [0.05, 0.1) is 5.52 Å². The number of nitrogens with one attached hydrogen (secondary N) is 1. The van der Waals surface area contributed by atoms with E-state index >= 15 is 0 Å². The van der Waals surface area contributed by atoms with Crippen molar-refractivity contribution < 1.29 is 9.59 Å². The van der Waals surface area contributed by atoms with Gasteiger partial charge in [-0.3, -0.25) is 14.0 Å². The first-order chi connectivity index (χ1) is 13.1. The summed E-state index contributed by atoms with van der Waals surface area (Å²) in [6.45, 7) is 7.07. The second-order valence-corrected chi connectivity index (χ2v) is 6.18. The molecule has 0 aliphatic heterocycles. The van der Waals surface area contributed by atoms with Crippen LogP contribution in [-0.2, 0) is 6.42 Å². The van der Waals surface area contributed by atoms with Gasteiger partial charge in [0.1, 0.15) is 0 Å². The standard InChI is InChI=1S/C21H24N4O2/c1-4-15-11-7-8-12-16(15)22-20(26)19-23-18(21(27)24(5-2)6-3)17-13-9-10-14-25(17)19/h7-14H,4-6H2,1-3H3,(H,22,26).